The van der Waals surface area contributed by atoms with Crippen LogP contribution < -0.4 is 9.62 Å². The van der Waals surface area contributed by atoms with Crippen LogP contribution in [0.3, 0.4) is 0 Å². The van der Waals surface area contributed by atoms with Gasteiger partial charge >= 0.3 is 0 Å². The van der Waals surface area contributed by atoms with Gasteiger partial charge in [0, 0.05) is 30.3 Å². The highest BCUT2D eigenvalue weighted by Gasteiger charge is 2.48. The lowest BCUT2D eigenvalue weighted by Gasteiger charge is -2.44. The zero-order chi connectivity index (χ0) is 18.4. The summed E-state index contributed by atoms with van der Waals surface area (Å²) in [5.74, 6) is 0.647. The van der Waals surface area contributed by atoms with Gasteiger partial charge in [0.25, 0.3) is 0 Å². The molecule has 1 aromatic heterocycles. The smallest absolute Gasteiger partial charge is 0.233 e. The summed E-state index contributed by atoms with van der Waals surface area (Å²) in [4.78, 5) is 7.00. The molecule has 26 heavy (non-hydrogen) atoms. The third-order valence-electron chi connectivity index (χ3n) is 6.67. The number of piperidine rings is 2. The first-order chi connectivity index (χ1) is 12.3. The van der Waals surface area contributed by atoms with Gasteiger partial charge in [-0.3, -0.25) is 4.31 Å². The summed E-state index contributed by atoms with van der Waals surface area (Å²) in [7, 11) is -3.29. The van der Waals surface area contributed by atoms with Crippen LogP contribution in [0.15, 0.2) is 18.3 Å². The average molecular weight is 379 g/mol. The van der Waals surface area contributed by atoms with E-state index in [1.54, 1.807) is 6.20 Å². The van der Waals surface area contributed by atoms with Gasteiger partial charge in [0.2, 0.25) is 10.0 Å². The van der Waals surface area contributed by atoms with Crippen molar-refractivity contribution in [1.29, 1.82) is 0 Å². The Hall–Kier alpha value is -1.18. The number of rotatable bonds is 3. The van der Waals surface area contributed by atoms with Crippen LogP contribution in [0.5, 0.6) is 0 Å². The van der Waals surface area contributed by atoms with E-state index in [2.05, 4.69) is 28.2 Å². The topological polar surface area (TPSA) is 65.5 Å². The van der Waals surface area contributed by atoms with Crippen molar-refractivity contribution in [2.45, 2.75) is 38.0 Å². The molecule has 7 heteroatoms. The van der Waals surface area contributed by atoms with Gasteiger partial charge in [-0.05, 0) is 63.3 Å². The van der Waals surface area contributed by atoms with E-state index < -0.39 is 10.0 Å². The quantitative estimate of drug-likeness (QED) is 0.865. The summed E-state index contributed by atoms with van der Waals surface area (Å²) in [6.45, 7) is 8.43. The molecule has 0 unspecified atom stereocenters. The molecule has 2 saturated heterocycles. The Bertz CT molecular complexity index is 765. The van der Waals surface area contributed by atoms with E-state index in [-0.39, 0.29) is 5.41 Å². The minimum atomic E-state index is -3.29. The molecule has 0 aliphatic carbocycles. The number of sulfonamides is 1. The Morgan fingerprint density at radius 2 is 1.88 bits per heavy atom. The number of hydrogen-bond donors (Lipinski definition) is 1. The number of nitrogens with zero attached hydrogens (tertiary/aromatic N) is 3. The highest BCUT2D eigenvalue weighted by molar-refractivity contribution is 7.92. The predicted molar refractivity (Wildman–Crippen MR) is 104 cm³/mol. The Morgan fingerprint density at radius 1 is 1.19 bits per heavy atom. The van der Waals surface area contributed by atoms with Gasteiger partial charge in [0.1, 0.15) is 5.82 Å². The van der Waals surface area contributed by atoms with Crippen LogP contribution in [-0.4, -0.2) is 63.8 Å². The van der Waals surface area contributed by atoms with Gasteiger partial charge < -0.3 is 10.2 Å². The fourth-order valence-corrected chi connectivity index (χ4v) is 5.96. The summed E-state index contributed by atoms with van der Waals surface area (Å²) in [6.07, 6.45) is 7.48. The second-order valence-corrected chi connectivity index (χ2v) is 10.7. The van der Waals surface area contributed by atoms with Crippen LogP contribution in [0.25, 0.3) is 0 Å². The van der Waals surface area contributed by atoms with Gasteiger partial charge in [-0.1, -0.05) is 13.0 Å². The monoisotopic (exact) mass is 378 g/mol. The minimum Gasteiger partial charge on any atom is -0.317 e. The van der Waals surface area contributed by atoms with Crippen LogP contribution in [0.1, 0.15) is 38.2 Å². The van der Waals surface area contributed by atoms with Crippen molar-refractivity contribution >= 4 is 15.8 Å². The number of hydrogen-bond acceptors (Lipinski definition) is 5. The van der Waals surface area contributed by atoms with Crippen molar-refractivity contribution in [2.75, 3.05) is 49.8 Å². The summed E-state index contributed by atoms with van der Waals surface area (Å²) in [6, 6.07) is 4.02. The standard InChI is InChI=1S/C19H30N4O2S/c1-18(5-10-20-11-6-18)14-22-12-7-19(8-13-22)15-23(26(2,24)25)17-16(19)4-3-9-21-17/h3-4,9,20H,5-8,10-15H2,1-2H3. The van der Waals surface area contributed by atoms with E-state index in [1.165, 1.54) is 23.4 Å². The number of fused-ring (bicyclic) bond motifs is 2. The third-order valence-corrected chi connectivity index (χ3v) is 7.77. The highest BCUT2D eigenvalue weighted by atomic mass is 32.2. The van der Waals surface area contributed by atoms with Crippen LogP contribution in [0.4, 0.5) is 5.82 Å². The third kappa shape index (κ3) is 3.25. The van der Waals surface area contributed by atoms with Gasteiger partial charge in [0.05, 0.1) is 6.26 Å². The lowest BCUT2D eigenvalue weighted by molar-refractivity contribution is 0.0900. The lowest BCUT2D eigenvalue weighted by Crippen LogP contribution is -2.50. The molecule has 144 valence electrons. The van der Waals surface area contributed by atoms with Gasteiger partial charge in [0.15, 0.2) is 0 Å². The maximum atomic E-state index is 12.3. The highest BCUT2D eigenvalue weighted by Crippen LogP contribution is 2.47. The first kappa shape index (κ1) is 18.2. The second kappa shape index (κ2) is 6.46. The van der Waals surface area contributed by atoms with E-state index in [0.29, 0.717) is 17.8 Å². The van der Waals surface area contributed by atoms with Crippen molar-refractivity contribution in [3.8, 4) is 0 Å². The molecule has 0 atom stereocenters. The van der Waals surface area contributed by atoms with Crippen LogP contribution in [0, 0.1) is 5.41 Å². The molecule has 1 N–H and O–H groups in total. The molecule has 0 aromatic carbocycles. The first-order valence-corrected chi connectivity index (χ1v) is 11.5. The minimum absolute atomic E-state index is 0.0712. The van der Waals surface area contributed by atoms with E-state index in [4.69, 9.17) is 0 Å². The Morgan fingerprint density at radius 3 is 2.54 bits per heavy atom. The maximum absolute atomic E-state index is 12.3. The Kier molecular flexibility index (Phi) is 4.52. The summed E-state index contributed by atoms with van der Waals surface area (Å²) in [5, 5.41) is 3.46. The molecule has 4 rings (SSSR count). The number of likely N-dealkylation sites (tertiary alicyclic amines) is 1. The Labute approximate surface area is 157 Å². The van der Waals surface area contributed by atoms with Gasteiger partial charge in [-0.15, -0.1) is 0 Å². The van der Waals surface area contributed by atoms with Crippen LogP contribution in [0.2, 0.25) is 0 Å². The molecule has 1 spiro atoms. The molecule has 1 aromatic rings. The van der Waals surface area contributed by atoms with Crippen molar-refractivity contribution < 1.29 is 8.42 Å². The molecule has 3 aliphatic rings. The van der Waals surface area contributed by atoms with E-state index in [0.717, 1.165) is 51.1 Å². The van der Waals surface area contributed by atoms with Gasteiger partial charge in [-0.25, -0.2) is 13.4 Å². The fraction of sp³-hybridized carbons (Fsp3) is 0.737. The molecule has 6 nitrogen and oxygen atoms in total. The predicted octanol–water partition coefficient (Wildman–Crippen LogP) is 1.58. The summed E-state index contributed by atoms with van der Waals surface area (Å²) in [5.41, 5.74) is 1.46. The molecular formula is C19H30N4O2S. The molecule has 3 aliphatic heterocycles. The van der Waals surface area contributed by atoms with Crippen molar-refractivity contribution in [3.05, 3.63) is 23.9 Å². The maximum Gasteiger partial charge on any atom is 0.233 e. The molecular weight excluding hydrogens is 348 g/mol. The largest absolute Gasteiger partial charge is 0.317 e. The summed E-state index contributed by atoms with van der Waals surface area (Å²) < 4.78 is 26.0. The first-order valence-electron chi connectivity index (χ1n) is 9.68. The summed E-state index contributed by atoms with van der Waals surface area (Å²) >= 11 is 0. The van der Waals surface area contributed by atoms with Crippen molar-refractivity contribution in [2.24, 2.45) is 5.41 Å². The SMILES string of the molecule is CC1(CN2CCC3(CC2)CN(S(C)(=O)=O)c2ncccc23)CCNCC1. The molecule has 4 heterocycles. The zero-order valence-electron chi connectivity index (χ0n) is 15.9. The van der Waals surface area contributed by atoms with Gasteiger partial charge in [-0.2, -0.15) is 0 Å². The molecule has 2 fully saturated rings. The van der Waals surface area contributed by atoms with Crippen molar-refractivity contribution in [3.63, 3.8) is 0 Å². The number of pyridine rings is 1. The number of anilines is 1. The van der Waals surface area contributed by atoms with E-state index in [1.807, 2.05) is 6.07 Å². The zero-order valence-corrected chi connectivity index (χ0v) is 16.7. The van der Waals surface area contributed by atoms with E-state index in [9.17, 15) is 8.42 Å². The van der Waals surface area contributed by atoms with E-state index >= 15 is 0 Å². The van der Waals surface area contributed by atoms with Crippen LogP contribution in [-0.2, 0) is 15.4 Å². The Balaban J connectivity index is 1.50. The molecule has 0 bridgehead atoms. The normalized spacial score (nSPS) is 25.4. The molecule has 0 radical (unpaired) electrons. The number of nitrogens with one attached hydrogen (secondary N) is 1. The fourth-order valence-electron chi connectivity index (χ4n) is 5.01. The molecule has 0 amide bonds. The van der Waals surface area contributed by atoms with Crippen molar-refractivity contribution in [1.82, 2.24) is 15.2 Å². The molecule has 0 saturated carbocycles. The van der Waals surface area contributed by atoms with Crippen LogP contribution >= 0.6 is 0 Å². The number of aromatic nitrogens is 1. The average Bonchev–Trinajstić information content (AvgIpc) is 2.93. The second-order valence-electron chi connectivity index (χ2n) is 8.76. The lowest BCUT2D eigenvalue weighted by atomic mass is 9.73.